The fourth-order valence-electron chi connectivity index (χ4n) is 2.14. The van der Waals surface area contributed by atoms with E-state index in [4.69, 9.17) is 5.73 Å². The van der Waals surface area contributed by atoms with Crippen LogP contribution in [0.1, 0.15) is 24.3 Å². The quantitative estimate of drug-likeness (QED) is 0.748. The van der Waals surface area contributed by atoms with Gasteiger partial charge in [-0.3, -0.25) is 0 Å². The van der Waals surface area contributed by atoms with Gasteiger partial charge in [0.2, 0.25) is 0 Å². The summed E-state index contributed by atoms with van der Waals surface area (Å²) in [6.45, 7) is 0. The molecule has 80 valence electrons. The van der Waals surface area contributed by atoms with Crippen LogP contribution in [0.15, 0.2) is 48.5 Å². The van der Waals surface area contributed by atoms with Crippen molar-refractivity contribution in [1.29, 1.82) is 0 Å². The van der Waals surface area contributed by atoms with Crippen LogP contribution in [0.2, 0.25) is 0 Å². The first-order valence-corrected chi connectivity index (χ1v) is 5.79. The molecule has 0 atom stereocenters. The molecular formula is C15H15N. The Morgan fingerprint density at radius 3 is 2.50 bits per heavy atom. The lowest BCUT2D eigenvalue weighted by atomic mass is 10.00. The number of para-hydroxylation sites is 1. The zero-order chi connectivity index (χ0) is 11.0. The zero-order valence-corrected chi connectivity index (χ0v) is 9.19. The highest BCUT2D eigenvalue weighted by molar-refractivity contribution is 5.76. The van der Waals surface area contributed by atoms with E-state index in [1.54, 1.807) is 0 Å². The topological polar surface area (TPSA) is 26.0 Å². The third kappa shape index (κ3) is 1.69. The maximum absolute atomic E-state index is 5.99. The highest BCUT2D eigenvalue weighted by Gasteiger charge is 2.23. The van der Waals surface area contributed by atoms with Crippen molar-refractivity contribution in [2.75, 3.05) is 5.73 Å². The van der Waals surface area contributed by atoms with E-state index in [-0.39, 0.29) is 0 Å². The molecule has 0 bridgehead atoms. The van der Waals surface area contributed by atoms with Gasteiger partial charge in [0, 0.05) is 11.3 Å². The monoisotopic (exact) mass is 209 g/mol. The summed E-state index contributed by atoms with van der Waals surface area (Å²) < 4.78 is 0. The summed E-state index contributed by atoms with van der Waals surface area (Å²) in [5.41, 5.74) is 10.7. The predicted molar refractivity (Wildman–Crippen MR) is 68.3 cm³/mol. The summed E-state index contributed by atoms with van der Waals surface area (Å²) in [5, 5.41) is 0. The van der Waals surface area contributed by atoms with Crippen molar-refractivity contribution < 1.29 is 0 Å². The van der Waals surface area contributed by atoms with Gasteiger partial charge in [-0.1, -0.05) is 42.5 Å². The maximum atomic E-state index is 5.99. The van der Waals surface area contributed by atoms with E-state index >= 15 is 0 Å². The molecule has 1 saturated carbocycles. The lowest BCUT2D eigenvalue weighted by Gasteiger charge is -2.07. The van der Waals surface area contributed by atoms with Gasteiger partial charge < -0.3 is 5.73 Å². The van der Waals surface area contributed by atoms with Gasteiger partial charge in [0.15, 0.2) is 0 Å². The average Bonchev–Trinajstić information content (AvgIpc) is 3.14. The van der Waals surface area contributed by atoms with E-state index in [1.165, 1.54) is 24.0 Å². The minimum atomic E-state index is 0.796. The summed E-state index contributed by atoms with van der Waals surface area (Å²) in [4.78, 5) is 0. The molecule has 0 heterocycles. The fourth-order valence-corrected chi connectivity index (χ4v) is 2.14. The lowest BCUT2D eigenvalue weighted by molar-refractivity contribution is 1.13. The van der Waals surface area contributed by atoms with Crippen molar-refractivity contribution in [2.24, 2.45) is 0 Å². The Hall–Kier alpha value is -1.76. The minimum Gasteiger partial charge on any atom is -0.398 e. The van der Waals surface area contributed by atoms with Gasteiger partial charge in [-0.25, -0.2) is 0 Å². The van der Waals surface area contributed by atoms with Crippen LogP contribution in [-0.4, -0.2) is 0 Å². The van der Waals surface area contributed by atoms with E-state index in [1.807, 2.05) is 18.2 Å². The summed E-state index contributed by atoms with van der Waals surface area (Å²) in [6, 6.07) is 16.8. The van der Waals surface area contributed by atoms with Gasteiger partial charge in [-0.15, -0.1) is 0 Å². The van der Waals surface area contributed by atoms with Crippen LogP contribution < -0.4 is 5.73 Å². The average molecular weight is 209 g/mol. The number of hydrogen-bond donors (Lipinski definition) is 1. The van der Waals surface area contributed by atoms with Gasteiger partial charge in [0.1, 0.15) is 0 Å². The molecule has 0 aliphatic heterocycles. The number of rotatable bonds is 2. The Labute approximate surface area is 95.9 Å². The van der Waals surface area contributed by atoms with E-state index in [0.717, 1.165) is 17.2 Å². The Kier molecular flexibility index (Phi) is 2.17. The molecule has 2 N–H and O–H groups in total. The molecule has 1 fully saturated rings. The number of anilines is 1. The molecule has 0 spiro atoms. The van der Waals surface area contributed by atoms with E-state index in [9.17, 15) is 0 Å². The fraction of sp³-hybridized carbons (Fsp3) is 0.200. The van der Waals surface area contributed by atoms with Gasteiger partial charge in [0.25, 0.3) is 0 Å². The molecule has 2 aromatic carbocycles. The molecule has 0 radical (unpaired) electrons. The summed E-state index contributed by atoms with van der Waals surface area (Å²) >= 11 is 0. The Morgan fingerprint density at radius 2 is 1.75 bits per heavy atom. The lowest BCUT2D eigenvalue weighted by Crippen LogP contribution is -1.89. The highest BCUT2D eigenvalue weighted by Crippen LogP contribution is 2.41. The molecule has 0 saturated heterocycles. The molecule has 0 amide bonds. The molecule has 0 aromatic heterocycles. The summed E-state index contributed by atoms with van der Waals surface area (Å²) in [5.74, 6) is 0.796. The standard InChI is InChI=1S/C15H15N/c16-15-7-2-1-6-14(15)13-5-3-4-12(10-13)11-8-9-11/h1-7,10-11H,8-9,16H2. The molecule has 1 heteroatoms. The van der Waals surface area contributed by atoms with E-state index in [0.29, 0.717) is 0 Å². The molecule has 1 aliphatic carbocycles. The molecule has 1 nitrogen and oxygen atoms in total. The van der Waals surface area contributed by atoms with Gasteiger partial charge >= 0.3 is 0 Å². The second-order valence-corrected chi connectivity index (χ2v) is 4.49. The molecule has 0 unspecified atom stereocenters. The normalized spacial score (nSPS) is 15.0. The van der Waals surface area contributed by atoms with Crippen molar-refractivity contribution in [3.8, 4) is 11.1 Å². The Bertz CT molecular complexity index is 512. The highest BCUT2D eigenvalue weighted by atomic mass is 14.6. The second-order valence-electron chi connectivity index (χ2n) is 4.49. The third-order valence-electron chi connectivity index (χ3n) is 3.21. The number of benzene rings is 2. The smallest absolute Gasteiger partial charge is 0.0393 e. The van der Waals surface area contributed by atoms with Gasteiger partial charge in [-0.05, 0) is 36.0 Å². The number of nitrogens with two attached hydrogens (primary N) is 1. The summed E-state index contributed by atoms with van der Waals surface area (Å²) in [6.07, 6.45) is 2.68. The summed E-state index contributed by atoms with van der Waals surface area (Å²) in [7, 11) is 0. The van der Waals surface area contributed by atoms with Crippen LogP contribution in [0, 0.1) is 0 Å². The van der Waals surface area contributed by atoms with Crippen molar-refractivity contribution in [3.63, 3.8) is 0 Å². The third-order valence-corrected chi connectivity index (χ3v) is 3.21. The Balaban J connectivity index is 2.05. The van der Waals surface area contributed by atoms with Crippen LogP contribution in [0.3, 0.4) is 0 Å². The molecule has 16 heavy (non-hydrogen) atoms. The maximum Gasteiger partial charge on any atom is 0.0393 e. The van der Waals surface area contributed by atoms with E-state index in [2.05, 4.69) is 30.3 Å². The van der Waals surface area contributed by atoms with Crippen molar-refractivity contribution in [2.45, 2.75) is 18.8 Å². The van der Waals surface area contributed by atoms with Crippen LogP contribution in [0.25, 0.3) is 11.1 Å². The first-order valence-electron chi connectivity index (χ1n) is 5.79. The first-order chi connectivity index (χ1) is 7.84. The van der Waals surface area contributed by atoms with E-state index < -0.39 is 0 Å². The SMILES string of the molecule is Nc1ccccc1-c1cccc(C2CC2)c1. The number of hydrogen-bond acceptors (Lipinski definition) is 1. The van der Waals surface area contributed by atoms with Crippen LogP contribution >= 0.6 is 0 Å². The second kappa shape index (κ2) is 3.67. The molecule has 3 rings (SSSR count). The van der Waals surface area contributed by atoms with Crippen LogP contribution in [-0.2, 0) is 0 Å². The van der Waals surface area contributed by atoms with Crippen molar-refractivity contribution >= 4 is 5.69 Å². The number of nitrogen functional groups attached to an aromatic ring is 1. The first kappa shape index (κ1) is 9.46. The van der Waals surface area contributed by atoms with Crippen molar-refractivity contribution in [3.05, 3.63) is 54.1 Å². The van der Waals surface area contributed by atoms with Crippen LogP contribution in [0.5, 0.6) is 0 Å². The predicted octanol–water partition coefficient (Wildman–Crippen LogP) is 3.81. The zero-order valence-electron chi connectivity index (χ0n) is 9.19. The molecular weight excluding hydrogens is 194 g/mol. The van der Waals surface area contributed by atoms with Crippen molar-refractivity contribution in [1.82, 2.24) is 0 Å². The minimum absolute atomic E-state index is 0.796. The molecule has 2 aromatic rings. The van der Waals surface area contributed by atoms with Gasteiger partial charge in [0.05, 0.1) is 0 Å². The Morgan fingerprint density at radius 1 is 0.938 bits per heavy atom. The largest absolute Gasteiger partial charge is 0.398 e. The van der Waals surface area contributed by atoms with Crippen LogP contribution in [0.4, 0.5) is 5.69 Å². The van der Waals surface area contributed by atoms with Gasteiger partial charge in [-0.2, -0.15) is 0 Å². The molecule has 1 aliphatic rings.